The quantitative estimate of drug-likeness (QED) is 0.144. The number of nitrogens with one attached hydrogen (secondary N) is 2. The molecule has 0 aliphatic carbocycles. The van der Waals surface area contributed by atoms with E-state index in [0.717, 1.165) is 62.8 Å². The molecule has 2 atom stereocenters. The Morgan fingerprint density at radius 2 is 1.24 bits per heavy atom. The van der Waals surface area contributed by atoms with Gasteiger partial charge in [0.15, 0.2) is 5.78 Å². The summed E-state index contributed by atoms with van der Waals surface area (Å²) >= 11 is 0. The number of aromatic amines is 1. The van der Waals surface area contributed by atoms with E-state index in [4.69, 9.17) is 0 Å². The lowest BCUT2D eigenvalue weighted by atomic mass is 9.96. The minimum atomic E-state index is -0.504. The van der Waals surface area contributed by atoms with Crippen LogP contribution in [0.25, 0.3) is 33.3 Å². The number of hydrogen-bond donors (Lipinski definition) is 2. The van der Waals surface area contributed by atoms with E-state index < -0.39 is 12.1 Å². The van der Waals surface area contributed by atoms with Crippen LogP contribution in [-0.4, -0.2) is 68.4 Å². The highest BCUT2D eigenvalue weighted by atomic mass is 16.2. The third kappa shape index (κ3) is 7.82. The van der Waals surface area contributed by atoms with E-state index in [2.05, 4.69) is 21.4 Å². The van der Waals surface area contributed by atoms with Gasteiger partial charge in [-0.05, 0) is 89.9 Å². The molecular weight excluding hydrogens is 687 g/mol. The first-order valence-corrected chi connectivity index (χ1v) is 19.1. The molecule has 2 saturated heterocycles. The fourth-order valence-corrected chi connectivity index (χ4v) is 8.13. The van der Waals surface area contributed by atoms with E-state index in [9.17, 15) is 19.2 Å². The maximum absolute atomic E-state index is 13.8. The number of nitrogens with zero attached hydrogens (tertiary/aromatic N) is 3. The SMILES string of the molecule is O=C(Cc1ccc2[nH]c(-c3ccc(NC(=O)[C@@H]4CCCN4C(=O)Cc4ccccc4)cc3)c(-c3ccncc3)c2c1)[C@@H]1CCCN1C(=O)Cc1ccccc1. The highest BCUT2D eigenvalue weighted by Crippen LogP contribution is 2.39. The van der Waals surface area contributed by atoms with Crippen molar-refractivity contribution in [3.05, 3.63) is 144 Å². The van der Waals surface area contributed by atoms with Crippen molar-refractivity contribution < 1.29 is 19.2 Å². The highest BCUT2D eigenvalue weighted by molar-refractivity contribution is 6.05. The monoisotopic (exact) mass is 729 g/mol. The van der Waals surface area contributed by atoms with Crippen LogP contribution in [0.15, 0.2) is 128 Å². The van der Waals surface area contributed by atoms with Crippen molar-refractivity contribution in [1.29, 1.82) is 0 Å². The topological polar surface area (TPSA) is 115 Å². The molecule has 0 unspecified atom stereocenters. The van der Waals surface area contributed by atoms with E-state index in [-0.39, 0.29) is 36.3 Å². The number of H-pyrrole nitrogens is 1. The predicted molar refractivity (Wildman–Crippen MR) is 214 cm³/mol. The number of Topliss-reactive ketones (excluding diaryl/α,β-unsaturated/α-hetero) is 1. The average molecular weight is 730 g/mol. The standard InChI is InChI=1S/C46H43N5O4/c52-41(39-13-7-25-50(39)42(53)29-31-9-3-1-4-10-31)28-33-15-20-38-37(27-33)44(34-21-23-47-24-22-34)45(49-38)35-16-18-36(19-17-35)48-46(55)40-14-8-26-51(40)43(54)30-32-11-5-2-6-12-32/h1-6,9-12,15-24,27,39-40,49H,7-8,13-14,25-26,28-30H2,(H,48,55)/t39-,40-/m0/s1. The van der Waals surface area contributed by atoms with Crippen molar-refractivity contribution in [2.24, 2.45) is 0 Å². The smallest absolute Gasteiger partial charge is 0.247 e. The first kappa shape index (κ1) is 35.7. The third-order valence-electron chi connectivity index (χ3n) is 10.9. The number of amides is 3. The molecule has 8 rings (SSSR count). The van der Waals surface area contributed by atoms with Crippen molar-refractivity contribution in [2.75, 3.05) is 18.4 Å². The Balaban J connectivity index is 0.998. The van der Waals surface area contributed by atoms with Crippen LogP contribution in [0.5, 0.6) is 0 Å². The molecule has 2 N–H and O–H groups in total. The molecule has 9 nitrogen and oxygen atoms in total. The number of carbonyl (C=O) groups excluding carboxylic acids is 4. The summed E-state index contributed by atoms with van der Waals surface area (Å²) in [5.74, 6) is -0.173. The first-order valence-electron chi connectivity index (χ1n) is 19.1. The van der Waals surface area contributed by atoms with Crippen LogP contribution in [0.1, 0.15) is 42.4 Å². The molecule has 0 spiro atoms. The Morgan fingerprint density at radius 1 is 0.636 bits per heavy atom. The van der Waals surface area contributed by atoms with Gasteiger partial charge >= 0.3 is 0 Å². The second-order valence-corrected chi connectivity index (χ2v) is 14.5. The Morgan fingerprint density at radius 3 is 1.87 bits per heavy atom. The van der Waals surface area contributed by atoms with Crippen molar-refractivity contribution in [2.45, 2.75) is 57.0 Å². The Hall–Kier alpha value is -6.35. The minimum absolute atomic E-state index is 0.00668. The zero-order chi connectivity index (χ0) is 37.7. The molecule has 9 heteroatoms. The summed E-state index contributed by atoms with van der Waals surface area (Å²) < 4.78 is 0. The zero-order valence-electron chi connectivity index (χ0n) is 30.6. The predicted octanol–water partition coefficient (Wildman–Crippen LogP) is 7.41. The molecule has 0 radical (unpaired) electrons. The van der Waals surface area contributed by atoms with Gasteiger partial charge in [-0.2, -0.15) is 0 Å². The van der Waals surface area contributed by atoms with Gasteiger partial charge < -0.3 is 20.1 Å². The van der Waals surface area contributed by atoms with Gasteiger partial charge in [-0.1, -0.05) is 78.9 Å². The lowest BCUT2D eigenvalue weighted by Gasteiger charge is -2.24. The Bertz CT molecular complexity index is 2320. The molecule has 0 saturated carbocycles. The van der Waals surface area contributed by atoms with Crippen LogP contribution in [0.2, 0.25) is 0 Å². The number of pyridine rings is 1. The van der Waals surface area contributed by atoms with Gasteiger partial charge in [0, 0.05) is 54.1 Å². The van der Waals surface area contributed by atoms with Gasteiger partial charge in [-0.15, -0.1) is 0 Å². The highest BCUT2D eigenvalue weighted by Gasteiger charge is 2.35. The second-order valence-electron chi connectivity index (χ2n) is 14.5. The van der Waals surface area contributed by atoms with Crippen LogP contribution in [-0.2, 0) is 38.4 Å². The van der Waals surface area contributed by atoms with Crippen LogP contribution in [0.4, 0.5) is 5.69 Å². The van der Waals surface area contributed by atoms with Crippen LogP contribution >= 0.6 is 0 Å². The van der Waals surface area contributed by atoms with Crippen LogP contribution < -0.4 is 5.32 Å². The van der Waals surface area contributed by atoms with Crippen LogP contribution in [0, 0.1) is 0 Å². The molecular formula is C46H43N5O4. The van der Waals surface area contributed by atoms with Gasteiger partial charge in [-0.3, -0.25) is 24.2 Å². The summed E-state index contributed by atoms with van der Waals surface area (Å²) in [6.07, 6.45) is 7.25. The van der Waals surface area contributed by atoms with Crippen molar-refractivity contribution in [3.8, 4) is 22.4 Å². The first-order chi connectivity index (χ1) is 26.9. The molecule has 276 valence electrons. The molecule has 4 aromatic carbocycles. The minimum Gasteiger partial charge on any atom is -0.354 e. The number of carbonyl (C=O) groups is 4. The number of likely N-dealkylation sites (tertiary alicyclic amines) is 2. The third-order valence-corrected chi connectivity index (χ3v) is 10.9. The normalized spacial score (nSPS) is 16.7. The lowest BCUT2D eigenvalue weighted by molar-refractivity contribution is -0.136. The lowest BCUT2D eigenvalue weighted by Crippen LogP contribution is -2.43. The number of rotatable bonds is 11. The number of benzene rings is 4. The van der Waals surface area contributed by atoms with Gasteiger partial charge in [0.1, 0.15) is 6.04 Å². The molecule has 2 fully saturated rings. The average Bonchev–Trinajstić information content (AvgIpc) is 3.99. The summed E-state index contributed by atoms with van der Waals surface area (Å²) in [4.78, 5) is 64.9. The largest absolute Gasteiger partial charge is 0.354 e. The van der Waals surface area contributed by atoms with E-state index in [1.807, 2.05) is 109 Å². The molecule has 4 heterocycles. The molecule has 6 aromatic rings. The van der Waals surface area contributed by atoms with Gasteiger partial charge in [0.2, 0.25) is 17.7 Å². The Labute approximate surface area is 320 Å². The maximum atomic E-state index is 13.8. The molecule has 0 bridgehead atoms. The van der Waals surface area contributed by atoms with Gasteiger partial charge in [0.25, 0.3) is 0 Å². The summed E-state index contributed by atoms with van der Waals surface area (Å²) in [6, 6.07) is 36.1. The van der Waals surface area contributed by atoms with Crippen molar-refractivity contribution in [3.63, 3.8) is 0 Å². The summed E-state index contributed by atoms with van der Waals surface area (Å²) in [5.41, 5.74) is 8.16. The summed E-state index contributed by atoms with van der Waals surface area (Å²) in [6.45, 7) is 1.18. The van der Waals surface area contributed by atoms with E-state index in [0.29, 0.717) is 38.0 Å². The van der Waals surface area contributed by atoms with Gasteiger partial charge in [0.05, 0.1) is 24.6 Å². The fraction of sp³-hybridized carbons (Fsp3) is 0.239. The van der Waals surface area contributed by atoms with Crippen LogP contribution in [0.3, 0.4) is 0 Å². The second kappa shape index (κ2) is 15.9. The number of anilines is 1. The number of aromatic nitrogens is 2. The Kier molecular flexibility index (Phi) is 10.3. The van der Waals surface area contributed by atoms with Crippen molar-refractivity contribution >= 4 is 40.1 Å². The summed E-state index contributed by atoms with van der Waals surface area (Å²) in [7, 11) is 0. The molecule has 2 aliphatic heterocycles. The molecule has 2 aliphatic rings. The number of fused-ring (bicyclic) bond motifs is 1. The fourth-order valence-electron chi connectivity index (χ4n) is 8.13. The van der Waals surface area contributed by atoms with Gasteiger partial charge in [-0.25, -0.2) is 0 Å². The molecule has 2 aromatic heterocycles. The zero-order valence-corrected chi connectivity index (χ0v) is 30.6. The molecule has 3 amide bonds. The van der Waals surface area contributed by atoms with E-state index in [1.165, 1.54) is 0 Å². The van der Waals surface area contributed by atoms with E-state index in [1.54, 1.807) is 22.2 Å². The van der Waals surface area contributed by atoms with E-state index >= 15 is 0 Å². The number of ketones is 1. The number of hydrogen-bond acceptors (Lipinski definition) is 5. The maximum Gasteiger partial charge on any atom is 0.247 e. The van der Waals surface area contributed by atoms with Crippen molar-refractivity contribution in [1.82, 2.24) is 19.8 Å². The molecule has 55 heavy (non-hydrogen) atoms. The summed E-state index contributed by atoms with van der Waals surface area (Å²) in [5, 5.41) is 4.03.